The Morgan fingerprint density at radius 3 is 2.32 bits per heavy atom. The zero-order valence-corrected chi connectivity index (χ0v) is 17.9. The number of pyridine rings is 1. The zero-order chi connectivity index (χ0) is 21.2. The second-order valence-electron chi connectivity index (χ2n) is 7.52. The molecular weight excluding hydrogens is 404 g/mol. The van der Waals surface area contributed by atoms with Gasteiger partial charge >= 0.3 is 0 Å². The number of para-hydroxylation sites is 1. The van der Waals surface area contributed by atoms with Gasteiger partial charge in [-0.15, -0.1) is 0 Å². The number of hydrogen-bond donors (Lipinski definition) is 1. The van der Waals surface area contributed by atoms with Crippen LogP contribution in [0.5, 0.6) is 11.5 Å². The second kappa shape index (κ2) is 8.24. The van der Waals surface area contributed by atoms with Crippen LogP contribution in [0.25, 0.3) is 0 Å². The predicted octanol–water partition coefficient (Wildman–Crippen LogP) is 5.39. The minimum Gasteiger partial charge on any atom is -0.457 e. The van der Waals surface area contributed by atoms with E-state index in [2.05, 4.69) is 38.2 Å². The first kappa shape index (κ1) is 19.3. The summed E-state index contributed by atoms with van der Waals surface area (Å²) in [4.78, 5) is 6.75. The summed E-state index contributed by atoms with van der Waals surface area (Å²) < 4.78 is 8.00. The van der Waals surface area contributed by atoms with Crippen molar-refractivity contribution in [2.75, 3.05) is 4.90 Å². The fourth-order valence-electron chi connectivity index (χ4n) is 3.97. The van der Waals surface area contributed by atoms with Gasteiger partial charge in [0.2, 0.25) is 0 Å². The molecule has 1 aliphatic rings. The second-order valence-corrected chi connectivity index (χ2v) is 7.90. The molecule has 154 valence electrons. The van der Waals surface area contributed by atoms with E-state index in [0.717, 1.165) is 22.9 Å². The van der Waals surface area contributed by atoms with Crippen LogP contribution in [0.1, 0.15) is 23.3 Å². The number of ether oxygens (including phenoxy) is 1. The third-order valence-corrected chi connectivity index (χ3v) is 5.70. The summed E-state index contributed by atoms with van der Waals surface area (Å²) in [5.41, 5.74) is 3.14. The van der Waals surface area contributed by atoms with Gasteiger partial charge in [-0.1, -0.05) is 24.3 Å². The lowest BCUT2D eigenvalue weighted by atomic mass is 9.98. The maximum atomic E-state index is 5.95. The van der Waals surface area contributed by atoms with Crippen molar-refractivity contribution in [3.05, 3.63) is 109 Å². The van der Waals surface area contributed by atoms with Crippen LogP contribution in [0.15, 0.2) is 97.5 Å². The first-order valence-corrected chi connectivity index (χ1v) is 10.6. The molecule has 2 aromatic carbocycles. The highest BCUT2D eigenvalue weighted by atomic mass is 32.1. The topological polar surface area (TPSA) is 42.3 Å². The number of aromatic nitrogens is 2. The van der Waals surface area contributed by atoms with Crippen molar-refractivity contribution < 1.29 is 4.74 Å². The number of nitrogens with one attached hydrogen (secondary N) is 1. The molecule has 0 bridgehead atoms. The van der Waals surface area contributed by atoms with E-state index in [1.54, 1.807) is 0 Å². The highest BCUT2D eigenvalue weighted by molar-refractivity contribution is 7.80. The first-order valence-electron chi connectivity index (χ1n) is 10.1. The molecule has 0 unspecified atom stereocenters. The van der Waals surface area contributed by atoms with Crippen LogP contribution < -0.4 is 15.0 Å². The van der Waals surface area contributed by atoms with Crippen LogP contribution in [0, 0.1) is 0 Å². The molecule has 1 saturated heterocycles. The predicted molar refractivity (Wildman–Crippen MR) is 126 cm³/mol. The number of hydrogen-bond acceptors (Lipinski definition) is 3. The third kappa shape index (κ3) is 3.90. The molecule has 2 aromatic heterocycles. The van der Waals surface area contributed by atoms with Gasteiger partial charge in [0, 0.05) is 31.3 Å². The first-order chi connectivity index (χ1) is 15.2. The summed E-state index contributed by atoms with van der Waals surface area (Å²) in [6.07, 6.45) is 6.01. The average molecular weight is 427 g/mol. The highest BCUT2D eigenvalue weighted by Crippen LogP contribution is 2.41. The van der Waals surface area contributed by atoms with Crippen LogP contribution in [0.2, 0.25) is 0 Å². The van der Waals surface area contributed by atoms with Crippen molar-refractivity contribution in [2.45, 2.75) is 12.1 Å². The zero-order valence-electron chi connectivity index (χ0n) is 17.1. The molecule has 0 saturated carbocycles. The van der Waals surface area contributed by atoms with Crippen molar-refractivity contribution >= 4 is 23.0 Å². The Morgan fingerprint density at radius 2 is 1.65 bits per heavy atom. The molecular formula is C25H22N4OS. The van der Waals surface area contributed by atoms with E-state index < -0.39 is 0 Å². The lowest BCUT2D eigenvalue weighted by molar-refractivity contribution is 0.482. The van der Waals surface area contributed by atoms with Crippen molar-refractivity contribution in [2.24, 2.45) is 7.05 Å². The molecule has 1 aliphatic heterocycles. The third-order valence-electron chi connectivity index (χ3n) is 5.39. The van der Waals surface area contributed by atoms with Gasteiger partial charge in [0.1, 0.15) is 11.5 Å². The fourth-order valence-corrected chi connectivity index (χ4v) is 4.32. The molecule has 0 aliphatic carbocycles. The Balaban J connectivity index is 1.48. The van der Waals surface area contributed by atoms with E-state index in [4.69, 9.17) is 17.0 Å². The number of benzene rings is 2. The molecule has 3 heterocycles. The number of nitrogens with zero attached hydrogens (tertiary/aromatic N) is 3. The molecule has 1 N–H and O–H groups in total. The van der Waals surface area contributed by atoms with Crippen molar-refractivity contribution in [1.82, 2.24) is 14.9 Å². The molecule has 0 radical (unpaired) electrons. The van der Waals surface area contributed by atoms with E-state index in [0.29, 0.717) is 5.11 Å². The van der Waals surface area contributed by atoms with Gasteiger partial charge in [-0.3, -0.25) is 4.98 Å². The van der Waals surface area contributed by atoms with Gasteiger partial charge in [-0.2, -0.15) is 0 Å². The fraction of sp³-hybridized carbons (Fsp3) is 0.120. The van der Waals surface area contributed by atoms with E-state index in [1.165, 1.54) is 5.56 Å². The smallest absolute Gasteiger partial charge is 0.174 e. The molecule has 5 nitrogen and oxygen atoms in total. The van der Waals surface area contributed by atoms with Gasteiger partial charge in [-0.25, -0.2) is 0 Å². The van der Waals surface area contributed by atoms with E-state index >= 15 is 0 Å². The quantitative estimate of drug-likeness (QED) is 0.434. The van der Waals surface area contributed by atoms with Crippen molar-refractivity contribution in [3.63, 3.8) is 0 Å². The normalized spacial score (nSPS) is 18.1. The number of rotatable bonds is 5. The van der Waals surface area contributed by atoms with E-state index in [-0.39, 0.29) is 12.1 Å². The largest absolute Gasteiger partial charge is 0.457 e. The lowest BCUT2D eigenvalue weighted by Gasteiger charge is -2.27. The van der Waals surface area contributed by atoms with Gasteiger partial charge in [0.25, 0.3) is 0 Å². The van der Waals surface area contributed by atoms with Gasteiger partial charge in [0.15, 0.2) is 5.11 Å². The highest BCUT2D eigenvalue weighted by Gasteiger charge is 2.40. The average Bonchev–Trinajstić information content (AvgIpc) is 3.38. The molecule has 2 atom stereocenters. The van der Waals surface area contributed by atoms with E-state index in [9.17, 15) is 0 Å². The number of anilines is 1. The van der Waals surface area contributed by atoms with Crippen LogP contribution in [0.4, 0.5) is 5.69 Å². The molecule has 0 amide bonds. The maximum absolute atomic E-state index is 5.95. The van der Waals surface area contributed by atoms with Gasteiger partial charge in [-0.05, 0) is 72.4 Å². The lowest BCUT2D eigenvalue weighted by Crippen LogP contribution is -2.29. The van der Waals surface area contributed by atoms with Crippen molar-refractivity contribution in [1.29, 1.82) is 0 Å². The van der Waals surface area contributed by atoms with Gasteiger partial charge in [0.05, 0.1) is 17.8 Å². The summed E-state index contributed by atoms with van der Waals surface area (Å²) in [6.45, 7) is 0. The molecule has 6 heteroatoms. The summed E-state index contributed by atoms with van der Waals surface area (Å²) >= 11 is 5.77. The summed E-state index contributed by atoms with van der Waals surface area (Å²) in [6, 6.07) is 25.9. The Bertz CT molecular complexity index is 1180. The Morgan fingerprint density at radius 1 is 0.903 bits per heavy atom. The van der Waals surface area contributed by atoms with Crippen LogP contribution in [0.3, 0.4) is 0 Å². The Kier molecular flexibility index (Phi) is 5.14. The molecule has 5 rings (SSSR count). The van der Waals surface area contributed by atoms with Crippen molar-refractivity contribution in [3.8, 4) is 11.5 Å². The molecule has 31 heavy (non-hydrogen) atoms. The van der Waals surface area contributed by atoms with Crippen LogP contribution in [-0.2, 0) is 7.05 Å². The SMILES string of the molecule is Cn1ccc([C@@H]2[C@H](c3ccccn3)NC(=S)N2c2ccc(Oc3ccccc3)cc2)c1. The van der Waals surface area contributed by atoms with Crippen LogP contribution >= 0.6 is 12.2 Å². The number of thiocarbonyl (C=S) groups is 1. The molecule has 4 aromatic rings. The Labute approximate surface area is 186 Å². The molecule has 0 spiro atoms. The minimum atomic E-state index is -0.0451. The summed E-state index contributed by atoms with van der Waals surface area (Å²) in [7, 11) is 2.03. The number of aryl methyl sites for hydroxylation is 1. The monoisotopic (exact) mass is 426 g/mol. The Hall–Kier alpha value is -3.64. The summed E-state index contributed by atoms with van der Waals surface area (Å²) in [5.74, 6) is 1.59. The van der Waals surface area contributed by atoms with Gasteiger partial charge < -0.3 is 19.5 Å². The maximum Gasteiger partial charge on any atom is 0.174 e. The van der Waals surface area contributed by atoms with Crippen LogP contribution in [-0.4, -0.2) is 14.7 Å². The van der Waals surface area contributed by atoms with E-state index in [1.807, 2.05) is 86.0 Å². The molecule has 1 fully saturated rings. The minimum absolute atomic E-state index is 0.00973. The standard InChI is InChI=1S/C25H22N4OS/c1-28-16-14-18(17-28)24-23(22-9-5-6-15-26-22)27-25(31)29(24)19-10-12-21(13-11-19)30-20-7-3-2-4-8-20/h2-17,23-24H,1H3,(H,27,31)/t23-,24+/m0/s1. The summed E-state index contributed by atoms with van der Waals surface area (Å²) in [5, 5.41) is 4.17.